The van der Waals surface area contributed by atoms with Crippen molar-refractivity contribution in [2.75, 3.05) is 27.6 Å². The highest BCUT2D eigenvalue weighted by atomic mass is 16.7. The van der Waals surface area contributed by atoms with Crippen molar-refractivity contribution in [1.29, 1.82) is 0 Å². The number of nitrogens with one attached hydrogen (secondary N) is 1. The van der Waals surface area contributed by atoms with Crippen LogP contribution in [0.15, 0.2) is 60.7 Å². The Morgan fingerprint density at radius 2 is 1.76 bits per heavy atom. The second-order valence-corrected chi connectivity index (χ2v) is 13.7. The molecule has 2 amide bonds. The van der Waals surface area contributed by atoms with Crippen LogP contribution in [-0.2, 0) is 30.3 Å². The van der Waals surface area contributed by atoms with Gasteiger partial charge in [-0.05, 0) is 36.5 Å². The number of hydrogen-bond acceptors (Lipinski definition) is 10. The van der Waals surface area contributed by atoms with Gasteiger partial charge in [-0.3, -0.25) is 14.4 Å². The number of carbonyl (C=O) groups excluding carboxylic acids is 3. The quantitative estimate of drug-likeness (QED) is 0.312. The van der Waals surface area contributed by atoms with E-state index in [1.165, 1.54) is 14.0 Å². The van der Waals surface area contributed by atoms with E-state index in [-0.39, 0.29) is 41.4 Å². The average Bonchev–Trinajstić information content (AvgIpc) is 3.79. The van der Waals surface area contributed by atoms with Crippen LogP contribution in [0.5, 0.6) is 28.7 Å². The molecule has 3 heterocycles. The zero-order chi connectivity index (χ0) is 35.4. The SMILES string of the molecule is COc1ccc([C@@]23Oc4cc5c(c(OC)c4C(O)(C2OC(C)=O)[C@H](C(=O)N2CCCC2NC(=O)CC(C)C)[C@H]3c2ccccc2)OCO5)cc1. The standard InChI is InChI=1S/C38H42N2O10/c1-21(2)18-29(42)39-28-12-9-17-40(28)35(43)32-30(23-10-7-6-8-11-23)38(24-13-15-25(45-4)16-14-24)36(49-22(3)41)37(32,44)31-26(50-38)19-27-33(34(31)46-5)48-20-47-27/h6-8,10-11,13-16,19,21,28,30,32,36,44H,9,12,17-18,20H2,1-5H3,(H,39,42)/t28?,30-,32+,36?,37?,38+/m1/s1. The van der Waals surface area contributed by atoms with E-state index in [0.717, 1.165) is 0 Å². The van der Waals surface area contributed by atoms with Gasteiger partial charge in [-0.2, -0.15) is 0 Å². The van der Waals surface area contributed by atoms with Crippen LogP contribution >= 0.6 is 0 Å². The molecule has 3 aromatic carbocycles. The minimum absolute atomic E-state index is 0.0927. The molecule has 1 aliphatic carbocycles. The summed E-state index contributed by atoms with van der Waals surface area (Å²) in [7, 11) is 2.98. The van der Waals surface area contributed by atoms with Crippen molar-refractivity contribution in [1.82, 2.24) is 10.2 Å². The van der Waals surface area contributed by atoms with E-state index in [1.54, 1.807) is 42.3 Å². The third-order valence-electron chi connectivity index (χ3n) is 10.2. The van der Waals surface area contributed by atoms with Crippen LogP contribution in [0.2, 0.25) is 0 Å². The first-order valence-corrected chi connectivity index (χ1v) is 16.9. The predicted molar refractivity (Wildman–Crippen MR) is 179 cm³/mol. The lowest BCUT2D eigenvalue weighted by Gasteiger charge is -2.46. The Kier molecular flexibility index (Phi) is 8.53. The molecule has 3 aromatic rings. The summed E-state index contributed by atoms with van der Waals surface area (Å²) in [6, 6.07) is 18.0. The van der Waals surface area contributed by atoms with Gasteiger partial charge in [0.15, 0.2) is 28.8 Å². The second kappa shape index (κ2) is 12.7. The van der Waals surface area contributed by atoms with Gasteiger partial charge in [0.05, 0.1) is 25.7 Å². The number of nitrogens with zero attached hydrogens (tertiary/aromatic N) is 1. The number of hydrogen-bond donors (Lipinski definition) is 2. The van der Waals surface area contributed by atoms with E-state index < -0.39 is 47.2 Å². The van der Waals surface area contributed by atoms with Crippen molar-refractivity contribution in [2.24, 2.45) is 11.8 Å². The zero-order valence-corrected chi connectivity index (χ0v) is 28.8. The number of fused-ring (bicyclic) bond motifs is 5. The second-order valence-electron chi connectivity index (χ2n) is 13.7. The van der Waals surface area contributed by atoms with Gasteiger partial charge in [-0.25, -0.2) is 0 Å². The molecule has 0 radical (unpaired) electrons. The number of ether oxygens (including phenoxy) is 6. The number of esters is 1. The molecule has 3 unspecified atom stereocenters. The van der Waals surface area contributed by atoms with Gasteiger partial charge in [0.1, 0.15) is 17.7 Å². The predicted octanol–water partition coefficient (Wildman–Crippen LogP) is 4.36. The van der Waals surface area contributed by atoms with Crippen molar-refractivity contribution in [3.63, 3.8) is 0 Å². The molecule has 1 saturated heterocycles. The Labute approximate surface area is 290 Å². The highest BCUT2D eigenvalue weighted by Crippen LogP contribution is 2.70. The van der Waals surface area contributed by atoms with Crippen LogP contribution in [-0.4, -0.2) is 67.6 Å². The average molecular weight is 687 g/mol. The van der Waals surface area contributed by atoms with Gasteiger partial charge in [0.2, 0.25) is 24.4 Å². The third kappa shape index (κ3) is 5.10. The number of carbonyl (C=O) groups is 3. The highest BCUT2D eigenvalue weighted by Gasteiger charge is 2.78. The molecule has 12 heteroatoms. The molecule has 264 valence electrons. The number of methoxy groups -OCH3 is 2. The maximum Gasteiger partial charge on any atom is 0.303 e. The van der Waals surface area contributed by atoms with Gasteiger partial charge >= 0.3 is 5.97 Å². The van der Waals surface area contributed by atoms with Crippen LogP contribution in [0, 0.1) is 11.8 Å². The molecule has 7 rings (SSSR count). The normalized spacial score (nSPS) is 27.4. The number of amides is 2. The topological polar surface area (TPSA) is 142 Å². The summed E-state index contributed by atoms with van der Waals surface area (Å²) in [5, 5.41) is 16.7. The van der Waals surface area contributed by atoms with Crippen molar-refractivity contribution < 1.29 is 47.9 Å². The third-order valence-corrected chi connectivity index (χ3v) is 10.2. The summed E-state index contributed by atoms with van der Waals surface area (Å²) in [4.78, 5) is 43.2. The van der Waals surface area contributed by atoms with Gasteiger partial charge in [0, 0.05) is 37.4 Å². The molecule has 2 N–H and O–H groups in total. The van der Waals surface area contributed by atoms with Crippen LogP contribution < -0.4 is 29.0 Å². The molecule has 2 bridgehead atoms. The van der Waals surface area contributed by atoms with Gasteiger partial charge in [-0.1, -0.05) is 56.3 Å². The number of likely N-dealkylation sites (tertiary alicyclic amines) is 1. The molecule has 4 aliphatic rings. The molecule has 1 saturated carbocycles. The number of benzene rings is 3. The molecule has 6 atom stereocenters. The van der Waals surface area contributed by atoms with Crippen LogP contribution in [0.1, 0.15) is 62.6 Å². The van der Waals surface area contributed by atoms with E-state index in [1.807, 2.05) is 44.2 Å². The number of aliphatic hydroxyl groups is 1. The Morgan fingerprint density at radius 3 is 2.42 bits per heavy atom. The Morgan fingerprint density at radius 1 is 1.02 bits per heavy atom. The van der Waals surface area contributed by atoms with E-state index in [2.05, 4.69) is 5.32 Å². The lowest BCUT2D eigenvalue weighted by Crippen LogP contribution is -2.57. The van der Waals surface area contributed by atoms with Crippen LogP contribution in [0.4, 0.5) is 0 Å². The van der Waals surface area contributed by atoms with E-state index in [4.69, 9.17) is 28.4 Å². The molecule has 50 heavy (non-hydrogen) atoms. The lowest BCUT2D eigenvalue weighted by molar-refractivity contribution is -0.196. The minimum atomic E-state index is -2.24. The molecular weight excluding hydrogens is 644 g/mol. The van der Waals surface area contributed by atoms with Gasteiger partial charge < -0.3 is 43.7 Å². The fourth-order valence-electron chi connectivity index (χ4n) is 8.38. The monoisotopic (exact) mass is 686 g/mol. The minimum Gasteiger partial charge on any atom is -0.497 e. The molecule has 2 fully saturated rings. The van der Waals surface area contributed by atoms with Crippen LogP contribution in [0.25, 0.3) is 0 Å². The van der Waals surface area contributed by atoms with Crippen molar-refractivity contribution in [2.45, 2.75) is 69.4 Å². The van der Waals surface area contributed by atoms with E-state index in [9.17, 15) is 14.7 Å². The molecule has 0 spiro atoms. The Balaban J connectivity index is 1.51. The zero-order valence-electron chi connectivity index (χ0n) is 28.8. The lowest BCUT2D eigenvalue weighted by atomic mass is 9.75. The fourth-order valence-corrected chi connectivity index (χ4v) is 8.38. The maximum absolute atomic E-state index is 15.4. The first-order valence-electron chi connectivity index (χ1n) is 16.9. The van der Waals surface area contributed by atoms with E-state index in [0.29, 0.717) is 48.4 Å². The summed E-state index contributed by atoms with van der Waals surface area (Å²) in [6.45, 7) is 5.43. The summed E-state index contributed by atoms with van der Waals surface area (Å²) in [6.07, 6.45) is -0.566. The molecule has 3 aliphatic heterocycles. The fraction of sp³-hybridized carbons (Fsp3) is 0.447. The summed E-state index contributed by atoms with van der Waals surface area (Å²) < 4.78 is 36.3. The number of rotatable bonds is 9. The maximum atomic E-state index is 15.4. The van der Waals surface area contributed by atoms with Gasteiger partial charge in [0.25, 0.3) is 0 Å². The Bertz CT molecular complexity index is 1800. The first kappa shape index (κ1) is 33.5. The Hall–Kier alpha value is -4.97. The van der Waals surface area contributed by atoms with Gasteiger partial charge in [-0.15, -0.1) is 0 Å². The van der Waals surface area contributed by atoms with Crippen LogP contribution in [0.3, 0.4) is 0 Å². The molecule has 0 aromatic heterocycles. The molecule has 12 nitrogen and oxygen atoms in total. The summed E-state index contributed by atoms with van der Waals surface area (Å²) in [5.74, 6) is -1.96. The first-order chi connectivity index (χ1) is 24.0. The summed E-state index contributed by atoms with van der Waals surface area (Å²) in [5.41, 5.74) is -2.58. The van der Waals surface area contributed by atoms with Crippen molar-refractivity contribution >= 4 is 17.8 Å². The summed E-state index contributed by atoms with van der Waals surface area (Å²) >= 11 is 0. The largest absolute Gasteiger partial charge is 0.497 e. The van der Waals surface area contributed by atoms with Crippen molar-refractivity contribution in [3.8, 4) is 28.7 Å². The smallest absolute Gasteiger partial charge is 0.303 e. The van der Waals surface area contributed by atoms with E-state index >= 15 is 4.79 Å². The van der Waals surface area contributed by atoms with Crippen molar-refractivity contribution in [3.05, 3.63) is 77.4 Å². The highest BCUT2D eigenvalue weighted by molar-refractivity contribution is 5.87. The molecular formula is C38H42N2O10.